The van der Waals surface area contributed by atoms with Crippen LogP contribution in [-0.4, -0.2) is 18.8 Å². The van der Waals surface area contributed by atoms with Gasteiger partial charge in [-0.05, 0) is 12.1 Å². The molecule has 0 saturated carbocycles. The first-order chi connectivity index (χ1) is 6.51. The summed E-state index contributed by atoms with van der Waals surface area (Å²) in [7, 11) is 1.62. The van der Waals surface area contributed by atoms with E-state index < -0.39 is 0 Å². The fourth-order valence-corrected chi connectivity index (χ4v) is 1.52. The lowest BCUT2D eigenvalue weighted by molar-refractivity contribution is 0.214. The smallest absolute Gasteiger partial charge is 0.123 e. The van der Waals surface area contributed by atoms with Crippen molar-refractivity contribution in [2.45, 2.75) is 24.2 Å². The minimum absolute atomic E-state index is 0.0925. The zero-order chi connectivity index (χ0) is 10.8. The molecule has 78 valence electrons. The minimum Gasteiger partial charge on any atom is -0.496 e. The van der Waals surface area contributed by atoms with Crippen LogP contribution >= 0.6 is 12.6 Å². The number of benzene rings is 1. The predicted octanol–water partition coefficient (Wildman–Crippen LogP) is 2.25. The maximum atomic E-state index is 9.26. The van der Waals surface area contributed by atoms with Crippen LogP contribution in [0.3, 0.4) is 0 Å². The second-order valence-electron chi connectivity index (χ2n) is 3.93. The summed E-state index contributed by atoms with van der Waals surface area (Å²) in [5, 5.41) is 9.26. The van der Waals surface area contributed by atoms with Gasteiger partial charge in [-0.15, -0.1) is 12.6 Å². The molecule has 0 amide bonds. The summed E-state index contributed by atoms with van der Waals surface area (Å²) >= 11 is 4.24. The highest BCUT2D eigenvalue weighted by molar-refractivity contribution is 7.80. The van der Waals surface area contributed by atoms with Crippen LogP contribution in [0, 0.1) is 0 Å². The maximum Gasteiger partial charge on any atom is 0.123 e. The SMILES string of the molecule is COc1cc(S)ccc1C(C)(C)CO. The molecule has 0 aromatic heterocycles. The van der Waals surface area contributed by atoms with Crippen LogP contribution in [0.2, 0.25) is 0 Å². The van der Waals surface area contributed by atoms with Gasteiger partial charge < -0.3 is 9.84 Å². The summed E-state index contributed by atoms with van der Waals surface area (Å²) in [5.41, 5.74) is 0.715. The standard InChI is InChI=1S/C11H16O2S/c1-11(2,7-12)9-5-4-8(14)6-10(9)13-3/h4-6,12,14H,7H2,1-3H3. The first-order valence-corrected chi connectivity index (χ1v) is 4.94. The first kappa shape index (κ1) is 11.4. The monoisotopic (exact) mass is 212 g/mol. The average molecular weight is 212 g/mol. The number of aliphatic hydroxyl groups is 1. The molecule has 14 heavy (non-hydrogen) atoms. The average Bonchev–Trinajstić information content (AvgIpc) is 2.17. The minimum atomic E-state index is -0.285. The Morgan fingerprint density at radius 1 is 1.43 bits per heavy atom. The third-order valence-electron chi connectivity index (χ3n) is 2.31. The molecular weight excluding hydrogens is 196 g/mol. The largest absolute Gasteiger partial charge is 0.496 e. The van der Waals surface area contributed by atoms with Crippen LogP contribution in [0.4, 0.5) is 0 Å². The summed E-state index contributed by atoms with van der Waals surface area (Å²) in [5.74, 6) is 0.775. The van der Waals surface area contributed by atoms with Crippen molar-refractivity contribution >= 4 is 12.6 Å². The maximum absolute atomic E-state index is 9.26. The third kappa shape index (κ3) is 2.22. The summed E-state index contributed by atoms with van der Waals surface area (Å²) < 4.78 is 5.25. The van der Waals surface area contributed by atoms with Crippen molar-refractivity contribution in [1.29, 1.82) is 0 Å². The molecule has 0 atom stereocenters. The van der Waals surface area contributed by atoms with Gasteiger partial charge in [-0.25, -0.2) is 0 Å². The fourth-order valence-electron chi connectivity index (χ4n) is 1.32. The zero-order valence-electron chi connectivity index (χ0n) is 8.74. The van der Waals surface area contributed by atoms with E-state index in [1.807, 2.05) is 32.0 Å². The molecule has 0 unspecified atom stereocenters. The molecule has 1 aromatic rings. The van der Waals surface area contributed by atoms with Gasteiger partial charge in [-0.1, -0.05) is 19.9 Å². The number of methoxy groups -OCH3 is 1. The molecule has 1 aromatic carbocycles. The molecular formula is C11H16O2S. The summed E-state index contributed by atoms with van der Waals surface area (Å²) in [4.78, 5) is 0.860. The molecule has 0 spiro atoms. The second kappa shape index (κ2) is 4.24. The summed E-state index contributed by atoms with van der Waals surface area (Å²) in [6, 6.07) is 5.70. The van der Waals surface area contributed by atoms with Crippen molar-refractivity contribution in [3.8, 4) is 5.75 Å². The topological polar surface area (TPSA) is 29.5 Å². The molecule has 0 aliphatic heterocycles. The van der Waals surface area contributed by atoms with E-state index >= 15 is 0 Å². The van der Waals surface area contributed by atoms with Crippen LogP contribution in [0.5, 0.6) is 5.75 Å². The molecule has 2 nitrogen and oxygen atoms in total. The lowest BCUT2D eigenvalue weighted by atomic mass is 9.85. The molecule has 0 aliphatic rings. The van der Waals surface area contributed by atoms with Crippen molar-refractivity contribution in [2.24, 2.45) is 0 Å². The van der Waals surface area contributed by atoms with E-state index in [4.69, 9.17) is 4.74 Å². The Balaban J connectivity index is 3.20. The molecule has 1 rings (SSSR count). The summed E-state index contributed by atoms with van der Waals surface area (Å²) in [6.45, 7) is 4.04. The van der Waals surface area contributed by atoms with Crippen LogP contribution in [0.15, 0.2) is 23.1 Å². The molecule has 3 heteroatoms. The molecule has 0 heterocycles. The van der Waals surface area contributed by atoms with Crippen molar-refractivity contribution in [3.05, 3.63) is 23.8 Å². The highest BCUT2D eigenvalue weighted by Gasteiger charge is 2.23. The molecule has 0 radical (unpaired) electrons. The van der Waals surface area contributed by atoms with Gasteiger partial charge in [0.25, 0.3) is 0 Å². The number of hydrogen-bond donors (Lipinski definition) is 2. The van der Waals surface area contributed by atoms with Crippen LogP contribution in [0.25, 0.3) is 0 Å². The molecule has 0 bridgehead atoms. The molecule has 0 fully saturated rings. The normalized spacial score (nSPS) is 11.5. The first-order valence-electron chi connectivity index (χ1n) is 4.49. The number of rotatable bonds is 3. The van der Waals surface area contributed by atoms with Gasteiger partial charge in [0.2, 0.25) is 0 Å². The highest BCUT2D eigenvalue weighted by atomic mass is 32.1. The van der Waals surface area contributed by atoms with E-state index in [9.17, 15) is 5.11 Å². The number of thiol groups is 1. The molecule has 0 aliphatic carbocycles. The van der Waals surface area contributed by atoms with Gasteiger partial charge in [0.05, 0.1) is 13.7 Å². The third-order valence-corrected chi connectivity index (χ3v) is 2.59. The van der Waals surface area contributed by atoms with E-state index in [1.165, 1.54) is 0 Å². The van der Waals surface area contributed by atoms with Gasteiger partial charge in [0, 0.05) is 15.9 Å². The van der Waals surface area contributed by atoms with Crippen LogP contribution < -0.4 is 4.74 Å². The Morgan fingerprint density at radius 2 is 2.07 bits per heavy atom. The number of hydrogen-bond acceptors (Lipinski definition) is 3. The Morgan fingerprint density at radius 3 is 2.57 bits per heavy atom. The fraction of sp³-hybridized carbons (Fsp3) is 0.455. The highest BCUT2D eigenvalue weighted by Crippen LogP contribution is 2.32. The van der Waals surface area contributed by atoms with Crippen molar-refractivity contribution in [3.63, 3.8) is 0 Å². The zero-order valence-corrected chi connectivity index (χ0v) is 9.64. The van der Waals surface area contributed by atoms with E-state index in [0.29, 0.717) is 0 Å². The van der Waals surface area contributed by atoms with Crippen molar-refractivity contribution in [2.75, 3.05) is 13.7 Å². The summed E-state index contributed by atoms with van der Waals surface area (Å²) in [6.07, 6.45) is 0. The lowest BCUT2D eigenvalue weighted by Crippen LogP contribution is -2.22. The second-order valence-corrected chi connectivity index (χ2v) is 4.44. The Labute approximate surface area is 90.3 Å². The van der Waals surface area contributed by atoms with E-state index in [2.05, 4.69) is 12.6 Å². The predicted molar refractivity (Wildman–Crippen MR) is 60.4 cm³/mol. The molecule has 1 N–H and O–H groups in total. The van der Waals surface area contributed by atoms with Crippen molar-refractivity contribution < 1.29 is 9.84 Å². The van der Waals surface area contributed by atoms with E-state index in [-0.39, 0.29) is 12.0 Å². The quantitative estimate of drug-likeness (QED) is 0.753. The van der Waals surface area contributed by atoms with E-state index in [0.717, 1.165) is 16.2 Å². The van der Waals surface area contributed by atoms with Gasteiger partial charge >= 0.3 is 0 Å². The van der Waals surface area contributed by atoms with Gasteiger partial charge in [0.15, 0.2) is 0 Å². The van der Waals surface area contributed by atoms with Crippen LogP contribution in [0.1, 0.15) is 19.4 Å². The Bertz CT molecular complexity index is 321. The van der Waals surface area contributed by atoms with Crippen LogP contribution in [-0.2, 0) is 5.41 Å². The van der Waals surface area contributed by atoms with Gasteiger partial charge in [-0.3, -0.25) is 0 Å². The lowest BCUT2D eigenvalue weighted by Gasteiger charge is -2.24. The van der Waals surface area contributed by atoms with Gasteiger partial charge in [-0.2, -0.15) is 0 Å². The Hall–Kier alpha value is -0.670. The van der Waals surface area contributed by atoms with Crippen molar-refractivity contribution in [1.82, 2.24) is 0 Å². The number of aliphatic hydroxyl groups excluding tert-OH is 1. The molecule has 0 saturated heterocycles. The van der Waals surface area contributed by atoms with E-state index in [1.54, 1.807) is 7.11 Å². The van der Waals surface area contributed by atoms with Gasteiger partial charge in [0.1, 0.15) is 5.75 Å². The Kier molecular flexibility index (Phi) is 3.45. The number of ether oxygens (including phenoxy) is 1.